The number of nitrogen functional groups attached to an aromatic ring is 1. The van der Waals surface area contributed by atoms with Gasteiger partial charge >= 0.3 is 5.97 Å². The molecule has 0 aliphatic carbocycles. The Hall–Kier alpha value is -2.28. The summed E-state index contributed by atoms with van der Waals surface area (Å²) in [5.41, 5.74) is 5.85. The van der Waals surface area contributed by atoms with Crippen molar-refractivity contribution in [3.63, 3.8) is 0 Å². The molecule has 6 nitrogen and oxygen atoms in total. The first-order chi connectivity index (χ1) is 10.4. The first-order valence-corrected chi connectivity index (χ1v) is 7.84. The average Bonchev–Trinajstić information content (AvgIpc) is 2.84. The molecule has 22 heavy (non-hydrogen) atoms. The Morgan fingerprint density at radius 3 is 2.59 bits per heavy atom. The van der Waals surface area contributed by atoms with Crippen molar-refractivity contribution >= 4 is 29.8 Å². The predicted octanol–water partition coefficient (Wildman–Crippen LogP) is 2.76. The van der Waals surface area contributed by atoms with Crippen molar-refractivity contribution in [2.45, 2.75) is 24.6 Å². The molecule has 1 aromatic heterocycles. The molecule has 0 fully saturated rings. The predicted molar refractivity (Wildman–Crippen MR) is 88.0 cm³/mol. The summed E-state index contributed by atoms with van der Waals surface area (Å²) in [5.74, 6) is -0.498. The van der Waals surface area contributed by atoms with Crippen molar-refractivity contribution in [3.05, 3.63) is 36.0 Å². The maximum Gasteiger partial charge on any atom is 0.360 e. The topological polar surface area (TPSA) is 94.0 Å². The van der Waals surface area contributed by atoms with Crippen LogP contribution in [0.2, 0.25) is 0 Å². The largest absolute Gasteiger partial charge is 0.449 e. The molecular formula is C15H18N4O2S. The van der Waals surface area contributed by atoms with Gasteiger partial charge in [-0.25, -0.2) is 9.78 Å². The van der Waals surface area contributed by atoms with Crippen LogP contribution in [-0.4, -0.2) is 33.6 Å². The van der Waals surface area contributed by atoms with Crippen molar-refractivity contribution in [3.8, 4) is 5.69 Å². The summed E-state index contributed by atoms with van der Waals surface area (Å²) in [6, 6.07) is 9.34. The number of nitrogens with zero attached hydrogens (tertiary/aromatic N) is 2. The van der Waals surface area contributed by atoms with Gasteiger partial charge in [-0.2, -0.15) is 0 Å². The van der Waals surface area contributed by atoms with Gasteiger partial charge in [-0.15, -0.1) is 0 Å². The third-order valence-electron chi connectivity index (χ3n) is 2.97. The number of carbonyl (C=O) groups excluding carboxylic acids is 1. The average molecular weight is 318 g/mol. The molecule has 0 spiro atoms. The zero-order valence-electron chi connectivity index (χ0n) is 12.7. The molecule has 0 radical (unpaired) electrons. The van der Waals surface area contributed by atoms with E-state index >= 15 is 0 Å². The van der Waals surface area contributed by atoms with Crippen LogP contribution in [0.1, 0.15) is 24.3 Å². The Kier molecular flexibility index (Phi) is 4.56. The van der Waals surface area contributed by atoms with Gasteiger partial charge in [0.05, 0.1) is 0 Å². The van der Waals surface area contributed by atoms with Crippen LogP contribution in [0.25, 0.3) is 5.69 Å². The third-order valence-corrected chi connectivity index (χ3v) is 3.61. The quantitative estimate of drug-likeness (QED) is 0.502. The highest BCUT2D eigenvalue weighted by Gasteiger charge is 2.28. The molecule has 2 rings (SSSR count). The number of para-hydroxylation sites is 1. The van der Waals surface area contributed by atoms with Crippen LogP contribution in [0.15, 0.2) is 35.5 Å². The zero-order valence-corrected chi connectivity index (χ0v) is 13.5. The molecule has 0 amide bonds. The molecule has 0 atom stereocenters. The summed E-state index contributed by atoms with van der Waals surface area (Å²) in [4.78, 5) is 16.7. The van der Waals surface area contributed by atoms with Gasteiger partial charge in [0, 0.05) is 11.9 Å². The van der Waals surface area contributed by atoms with Crippen LogP contribution in [0.4, 0.5) is 5.82 Å². The molecular weight excluding hydrogens is 300 g/mol. The number of carbonyl (C=O) groups is 1. The maximum absolute atomic E-state index is 12.5. The van der Waals surface area contributed by atoms with Gasteiger partial charge in [-0.05, 0) is 32.2 Å². The summed E-state index contributed by atoms with van der Waals surface area (Å²) in [6.45, 7) is 3.26. The highest BCUT2D eigenvalue weighted by atomic mass is 32.2. The molecule has 0 bridgehead atoms. The van der Waals surface area contributed by atoms with E-state index in [0.29, 0.717) is 5.16 Å². The highest BCUT2D eigenvalue weighted by Crippen LogP contribution is 2.27. The summed E-state index contributed by atoms with van der Waals surface area (Å²) in [5, 5.41) is 7.91. The molecule has 0 unspecified atom stereocenters. The van der Waals surface area contributed by atoms with Crippen molar-refractivity contribution in [2.75, 3.05) is 12.0 Å². The lowest BCUT2D eigenvalue weighted by atomic mass is 10.1. The summed E-state index contributed by atoms with van der Waals surface area (Å²) >= 11 is 1.39. The van der Waals surface area contributed by atoms with Crippen LogP contribution in [0.5, 0.6) is 0 Å². The van der Waals surface area contributed by atoms with Crippen LogP contribution >= 0.6 is 11.8 Å². The van der Waals surface area contributed by atoms with Crippen molar-refractivity contribution in [1.29, 1.82) is 5.41 Å². The van der Waals surface area contributed by atoms with Gasteiger partial charge in [-0.1, -0.05) is 30.0 Å². The minimum Gasteiger partial charge on any atom is -0.449 e. The molecule has 3 N–H and O–H groups in total. The number of rotatable bonds is 5. The van der Waals surface area contributed by atoms with Crippen molar-refractivity contribution in [2.24, 2.45) is 0 Å². The Bertz CT molecular complexity index is 695. The fourth-order valence-corrected chi connectivity index (χ4v) is 2.45. The van der Waals surface area contributed by atoms with Crippen LogP contribution < -0.4 is 5.73 Å². The number of esters is 1. The van der Waals surface area contributed by atoms with Gasteiger partial charge in [0.1, 0.15) is 5.60 Å². The SMILES string of the molecule is CSc1nc(N)c(C(=O)OC(C)(C)C=N)n1-c1ccccc1. The lowest BCUT2D eigenvalue weighted by Gasteiger charge is -2.20. The minimum atomic E-state index is -1.01. The van der Waals surface area contributed by atoms with E-state index in [0.717, 1.165) is 11.9 Å². The van der Waals surface area contributed by atoms with E-state index in [4.69, 9.17) is 15.9 Å². The Balaban J connectivity index is 2.54. The van der Waals surface area contributed by atoms with Crippen LogP contribution in [0, 0.1) is 5.41 Å². The molecule has 0 aliphatic rings. The molecule has 7 heteroatoms. The van der Waals surface area contributed by atoms with E-state index in [-0.39, 0.29) is 11.5 Å². The van der Waals surface area contributed by atoms with E-state index in [1.54, 1.807) is 18.4 Å². The standard InChI is InChI=1S/C15H18N4O2S/c1-15(2,9-16)21-13(20)11-12(17)18-14(22-3)19(11)10-7-5-4-6-8-10/h4-9,16H,17H2,1-3H3. The number of hydrogen-bond donors (Lipinski definition) is 2. The number of anilines is 1. The van der Waals surface area contributed by atoms with Crippen LogP contribution in [0.3, 0.4) is 0 Å². The third kappa shape index (κ3) is 3.14. The monoisotopic (exact) mass is 318 g/mol. The Morgan fingerprint density at radius 2 is 2.05 bits per heavy atom. The fraction of sp³-hybridized carbons (Fsp3) is 0.267. The minimum absolute atomic E-state index is 0.110. The molecule has 116 valence electrons. The second-order valence-electron chi connectivity index (χ2n) is 5.14. The van der Waals surface area contributed by atoms with E-state index < -0.39 is 11.6 Å². The smallest absolute Gasteiger partial charge is 0.360 e. The number of nitrogens with one attached hydrogen (secondary N) is 1. The van der Waals surface area contributed by atoms with E-state index in [9.17, 15) is 4.79 Å². The van der Waals surface area contributed by atoms with E-state index in [1.165, 1.54) is 11.8 Å². The number of benzene rings is 1. The zero-order chi connectivity index (χ0) is 16.3. The first-order valence-electron chi connectivity index (χ1n) is 6.62. The normalized spacial score (nSPS) is 11.2. The number of aromatic nitrogens is 2. The molecule has 1 aromatic carbocycles. The number of hydrogen-bond acceptors (Lipinski definition) is 6. The fourth-order valence-electron chi connectivity index (χ4n) is 1.88. The molecule has 0 aliphatic heterocycles. The summed E-state index contributed by atoms with van der Waals surface area (Å²) < 4.78 is 7.01. The van der Waals surface area contributed by atoms with Gasteiger partial charge in [0.15, 0.2) is 16.7 Å². The lowest BCUT2D eigenvalue weighted by molar-refractivity contribution is 0.0237. The number of ether oxygens (including phenoxy) is 1. The van der Waals surface area contributed by atoms with Crippen molar-refractivity contribution in [1.82, 2.24) is 9.55 Å². The second kappa shape index (κ2) is 6.23. The van der Waals surface area contributed by atoms with Gasteiger partial charge in [0.2, 0.25) is 0 Å². The van der Waals surface area contributed by atoms with E-state index in [2.05, 4.69) is 4.98 Å². The number of nitrogens with two attached hydrogens (primary N) is 1. The van der Waals surface area contributed by atoms with Crippen LogP contribution in [-0.2, 0) is 4.74 Å². The Labute approximate surface area is 133 Å². The molecule has 0 saturated heterocycles. The van der Waals surface area contributed by atoms with Crippen molar-refractivity contribution < 1.29 is 9.53 Å². The van der Waals surface area contributed by atoms with Gasteiger partial charge in [0.25, 0.3) is 0 Å². The highest BCUT2D eigenvalue weighted by molar-refractivity contribution is 7.98. The summed E-state index contributed by atoms with van der Waals surface area (Å²) in [6.07, 6.45) is 2.93. The lowest BCUT2D eigenvalue weighted by Crippen LogP contribution is -2.30. The molecule has 0 saturated carbocycles. The maximum atomic E-state index is 12.5. The number of imidazole rings is 1. The number of thioether (sulfide) groups is 1. The first kappa shape index (κ1) is 16.1. The Morgan fingerprint density at radius 1 is 1.41 bits per heavy atom. The molecule has 2 aromatic rings. The van der Waals surface area contributed by atoms with Gasteiger partial charge < -0.3 is 15.9 Å². The molecule has 1 heterocycles. The summed E-state index contributed by atoms with van der Waals surface area (Å²) in [7, 11) is 0. The van der Waals surface area contributed by atoms with Gasteiger partial charge in [-0.3, -0.25) is 4.57 Å². The van der Waals surface area contributed by atoms with E-state index in [1.807, 2.05) is 36.6 Å². The second-order valence-corrected chi connectivity index (χ2v) is 5.91.